The van der Waals surface area contributed by atoms with E-state index in [0.717, 1.165) is 11.9 Å². The predicted molar refractivity (Wildman–Crippen MR) is 110 cm³/mol. The van der Waals surface area contributed by atoms with Gasteiger partial charge in [-0.3, -0.25) is 9.52 Å². The lowest BCUT2D eigenvalue weighted by molar-refractivity contribution is 0.102. The number of ether oxygens (including phenoxy) is 1. The van der Waals surface area contributed by atoms with Crippen LogP contribution in [0.4, 0.5) is 11.4 Å². The molecule has 0 bridgehead atoms. The first-order chi connectivity index (χ1) is 13.7. The molecule has 11 heteroatoms. The molecule has 1 aromatic carbocycles. The summed E-state index contributed by atoms with van der Waals surface area (Å²) in [5.41, 5.74) is 1.76. The van der Waals surface area contributed by atoms with Crippen molar-refractivity contribution >= 4 is 38.9 Å². The van der Waals surface area contributed by atoms with Gasteiger partial charge in [-0.25, -0.2) is 18.4 Å². The van der Waals surface area contributed by atoms with E-state index >= 15 is 0 Å². The normalized spacial score (nSPS) is 11.1. The smallest absolute Gasteiger partial charge is 0.257 e. The molecule has 2 heterocycles. The molecule has 0 fully saturated rings. The minimum absolute atomic E-state index is 0.252. The summed E-state index contributed by atoms with van der Waals surface area (Å²) in [5.74, 6) is 0.758. The van der Waals surface area contributed by atoms with Crippen LogP contribution < -0.4 is 14.8 Å². The summed E-state index contributed by atoms with van der Waals surface area (Å²) in [6.45, 7) is 0. The molecule has 9 nitrogen and oxygen atoms in total. The van der Waals surface area contributed by atoms with E-state index in [1.165, 1.54) is 25.3 Å². The van der Waals surface area contributed by atoms with E-state index in [9.17, 15) is 13.2 Å². The van der Waals surface area contributed by atoms with Crippen LogP contribution in [-0.2, 0) is 16.4 Å². The molecule has 1 amide bonds. The quantitative estimate of drug-likeness (QED) is 0.523. The highest BCUT2D eigenvalue weighted by molar-refractivity contribution is 7.92. The molecule has 0 radical (unpaired) electrons. The molecule has 3 rings (SSSR count). The molecular weight excluding hydrogens is 418 g/mol. The number of carbonyl (C=O) groups excluding carboxylic acids is 1. The number of benzene rings is 1. The zero-order chi connectivity index (χ0) is 21.0. The van der Waals surface area contributed by atoms with Gasteiger partial charge in [-0.15, -0.1) is 0 Å². The molecule has 2 aromatic heterocycles. The van der Waals surface area contributed by atoms with Crippen molar-refractivity contribution in [3.8, 4) is 5.75 Å². The number of hydrogen-bond donors (Lipinski definition) is 3. The number of H-pyrrole nitrogens is 1. The van der Waals surface area contributed by atoms with E-state index < -0.39 is 10.0 Å². The third-order valence-corrected chi connectivity index (χ3v) is 4.55. The Kier molecular flexibility index (Phi) is 6.04. The van der Waals surface area contributed by atoms with Gasteiger partial charge in [-0.2, -0.15) is 0 Å². The first-order valence-corrected chi connectivity index (χ1v) is 10.6. The number of rotatable bonds is 7. The molecule has 152 valence electrons. The van der Waals surface area contributed by atoms with E-state index in [-0.39, 0.29) is 16.6 Å². The third kappa shape index (κ3) is 5.93. The summed E-state index contributed by atoms with van der Waals surface area (Å²) < 4.78 is 30.1. The van der Waals surface area contributed by atoms with Crippen LogP contribution in [0.5, 0.6) is 5.75 Å². The molecule has 0 saturated heterocycles. The van der Waals surface area contributed by atoms with E-state index in [1.54, 1.807) is 24.7 Å². The van der Waals surface area contributed by atoms with Gasteiger partial charge in [0, 0.05) is 29.0 Å². The van der Waals surface area contributed by atoms with E-state index in [2.05, 4.69) is 25.0 Å². The molecule has 0 aliphatic carbocycles. The summed E-state index contributed by atoms with van der Waals surface area (Å²) in [5, 5.41) is 2.97. The van der Waals surface area contributed by atoms with Gasteiger partial charge in [0.15, 0.2) is 5.75 Å². The van der Waals surface area contributed by atoms with Gasteiger partial charge >= 0.3 is 0 Å². The molecule has 3 N–H and O–H groups in total. The molecule has 0 aliphatic rings. The standard InChI is InChI=1S/C18H18ClN5O4S/c1-28-16-9-21-17(22-10-16)7-13-3-11(8-20-13)18(25)23-14-4-12(19)5-15(6-14)24-29(2,26)27/h3-6,8-10,20,24H,7H2,1-2H3,(H,23,25). The number of anilines is 2. The van der Waals surface area contributed by atoms with Gasteiger partial charge in [-0.05, 0) is 24.3 Å². The lowest BCUT2D eigenvalue weighted by Crippen LogP contribution is -2.13. The minimum atomic E-state index is -3.47. The Morgan fingerprint density at radius 2 is 1.86 bits per heavy atom. The van der Waals surface area contributed by atoms with Gasteiger partial charge in [0.1, 0.15) is 5.82 Å². The number of nitrogens with zero attached hydrogens (tertiary/aromatic N) is 2. The average Bonchev–Trinajstić information content (AvgIpc) is 3.09. The molecule has 29 heavy (non-hydrogen) atoms. The molecular formula is C18H18ClN5O4S. The molecule has 0 unspecified atom stereocenters. The zero-order valence-electron chi connectivity index (χ0n) is 15.6. The van der Waals surface area contributed by atoms with Crippen LogP contribution >= 0.6 is 11.6 Å². The van der Waals surface area contributed by atoms with Crippen molar-refractivity contribution in [3.63, 3.8) is 0 Å². The minimum Gasteiger partial charge on any atom is -0.494 e. The van der Waals surface area contributed by atoms with Crippen molar-refractivity contribution in [3.05, 3.63) is 65.0 Å². The van der Waals surface area contributed by atoms with Crippen LogP contribution in [0.1, 0.15) is 21.9 Å². The number of halogens is 1. The Morgan fingerprint density at radius 1 is 1.17 bits per heavy atom. The number of hydrogen-bond acceptors (Lipinski definition) is 6. The second-order valence-corrected chi connectivity index (χ2v) is 8.37. The topological polar surface area (TPSA) is 126 Å². The van der Waals surface area contributed by atoms with Crippen molar-refractivity contribution in [1.82, 2.24) is 15.0 Å². The predicted octanol–water partition coefficient (Wildman–Crippen LogP) is 2.68. The Morgan fingerprint density at radius 3 is 2.52 bits per heavy atom. The second kappa shape index (κ2) is 8.50. The Hall–Kier alpha value is -3.11. The van der Waals surface area contributed by atoms with Crippen molar-refractivity contribution in [2.75, 3.05) is 23.4 Å². The Labute approximate surface area is 172 Å². The third-order valence-electron chi connectivity index (χ3n) is 3.73. The number of nitrogens with one attached hydrogen (secondary N) is 3. The van der Waals surface area contributed by atoms with Crippen LogP contribution in [0.15, 0.2) is 42.9 Å². The van der Waals surface area contributed by atoms with Crippen LogP contribution in [0.2, 0.25) is 5.02 Å². The molecule has 0 aliphatic heterocycles. The SMILES string of the molecule is COc1cnc(Cc2cc(C(=O)Nc3cc(Cl)cc(NS(C)(=O)=O)c3)c[nH]2)nc1. The molecule has 0 spiro atoms. The van der Waals surface area contributed by atoms with Gasteiger partial charge in [-0.1, -0.05) is 11.6 Å². The monoisotopic (exact) mass is 435 g/mol. The van der Waals surface area contributed by atoms with Crippen molar-refractivity contribution < 1.29 is 17.9 Å². The van der Waals surface area contributed by atoms with E-state index in [0.29, 0.717) is 29.2 Å². The fraction of sp³-hybridized carbons (Fsp3) is 0.167. The summed E-state index contributed by atoms with van der Waals surface area (Å²) in [7, 11) is -1.93. The number of aromatic nitrogens is 3. The first-order valence-electron chi connectivity index (χ1n) is 8.34. The maximum absolute atomic E-state index is 12.5. The van der Waals surface area contributed by atoms with Crippen molar-refractivity contribution in [2.45, 2.75) is 6.42 Å². The largest absolute Gasteiger partial charge is 0.494 e. The summed E-state index contributed by atoms with van der Waals surface area (Å²) in [6.07, 6.45) is 6.14. The highest BCUT2D eigenvalue weighted by Gasteiger charge is 2.12. The fourth-order valence-electron chi connectivity index (χ4n) is 2.52. The fourth-order valence-corrected chi connectivity index (χ4v) is 3.30. The molecule has 0 saturated carbocycles. The second-order valence-electron chi connectivity index (χ2n) is 6.19. The lowest BCUT2D eigenvalue weighted by atomic mass is 10.2. The van der Waals surface area contributed by atoms with Crippen molar-refractivity contribution in [2.24, 2.45) is 0 Å². The van der Waals surface area contributed by atoms with Gasteiger partial charge in [0.25, 0.3) is 5.91 Å². The number of carbonyl (C=O) groups is 1. The van der Waals surface area contributed by atoms with Crippen molar-refractivity contribution in [1.29, 1.82) is 0 Å². The summed E-state index contributed by atoms with van der Waals surface area (Å²) >= 11 is 6.01. The van der Waals surface area contributed by atoms with Gasteiger partial charge < -0.3 is 15.0 Å². The van der Waals surface area contributed by atoms with E-state index in [1.807, 2.05) is 0 Å². The number of methoxy groups -OCH3 is 1. The summed E-state index contributed by atoms with van der Waals surface area (Å²) in [4.78, 5) is 23.9. The lowest BCUT2D eigenvalue weighted by Gasteiger charge is -2.09. The maximum atomic E-state index is 12.5. The van der Waals surface area contributed by atoms with Gasteiger partial charge in [0.05, 0.1) is 37.0 Å². The number of amides is 1. The summed E-state index contributed by atoms with van der Waals surface area (Å²) in [6, 6.07) is 6.12. The highest BCUT2D eigenvalue weighted by Crippen LogP contribution is 2.24. The first kappa shape index (κ1) is 20.6. The highest BCUT2D eigenvalue weighted by atomic mass is 35.5. The molecule has 0 atom stereocenters. The van der Waals surface area contributed by atoms with Gasteiger partial charge in [0.2, 0.25) is 10.0 Å². The average molecular weight is 436 g/mol. The van der Waals surface area contributed by atoms with E-state index in [4.69, 9.17) is 16.3 Å². The maximum Gasteiger partial charge on any atom is 0.257 e. The Bertz CT molecular complexity index is 1130. The number of sulfonamides is 1. The van der Waals surface area contributed by atoms with Crippen LogP contribution in [0.3, 0.4) is 0 Å². The Balaban J connectivity index is 1.70. The zero-order valence-corrected chi connectivity index (χ0v) is 17.1. The number of aromatic amines is 1. The van der Waals surface area contributed by atoms with Crippen LogP contribution in [0, 0.1) is 0 Å². The van der Waals surface area contributed by atoms with Crippen LogP contribution in [0.25, 0.3) is 0 Å². The van der Waals surface area contributed by atoms with Crippen LogP contribution in [-0.4, -0.2) is 42.6 Å². The molecule has 3 aromatic rings.